The van der Waals surface area contributed by atoms with Crippen LogP contribution in [0.25, 0.3) is 55.4 Å². The summed E-state index contributed by atoms with van der Waals surface area (Å²) in [6, 6.07) is 17.4. The van der Waals surface area contributed by atoms with Crippen LogP contribution in [0.2, 0.25) is 0 Å². The molecule has 7 heterocycles. The normalized spacial score (nSPS) is 19.9. The number of aryl methyl sites for hydroxylation is 1. The first-order chi connectivity index (χ1) is 40.5. The van der Waals surface area contributed by atoms with Crippen LogP contribution >= 0.6 is 0 Å². The maximum absolute atomic E-state index is 16.1. The summed E-state index contributed by atoms with van der Waals surface area (Å²) in [5, 5.41) is 49.5. The van der Waals surface area contributed by atoms with Crippen LogP contribution in [0.4, 0.5) is 23.4 Å². The number of aromatic amines is 1. The second kappa shape index (κ2) is 22.8. The molecule has 4 aromatic heterocycles. The number of carbonyl (C=O) groups excluding carboxylic acids is 2. The number of rotatable bonds is 20. The summed E-state index contributed by atoms with van der Waals surface area (Å²) >= 11 is 0. The standard InChI is InChI=1S/C60H65F4N13O7/c1-6-76-48(17-18-67-76)37-15-13-36(14-16-37)47(28-78)68-57(80)49-20-40(79)26-75(49)58(81)54(31(2)3)77-27-46(72-73-77)35-9-7-33(8-10-35)29-83-55-52(51-32(4)44(61)22-45-43(51)24-66-71-45)41(34-11-12-34)21-42-53(55)69-59(84-30-50(82-5)60(62,63)64)70-56(42)74-25-38-19-39(74)23-65-38/h7-10,13-18,21-22,24,27,31,34,38-40,47,49-50,54,65,78-79H,6,11-12,19-20,23,25-26,28-30H2,1-5H3,(H,66,71)(H,68,80)/t38-,39-,40+,47-,49-,50?,54-/m0/s1. The van der Waals surface area contributed by atoms with E-state index in [1.54, 1.807) is 25.5 Å². The first kappa shape index (κ1) is 56.4. The molecule has 2 amide bonds. The van der Waals surface area contributed by atoms with Gasteiger partial charge in [0.05, 0.1) is 42.4 Å². The predicted octanol–water partition coefficient (Wildman–Crippen LogP) is 7.73. The van der Waals surface area contributed by atoms with Crippen molar-refractivity contribution in [2.24, 2.45) is 5.92 Å². The molecule has 24 heteroatoms. The molecule has 3 saturated heterocycles. The number of piperazine rings is 1. The highest BCUT2D eigenvalue weighted by Crippen LogP contribution is 2.53. The molecule has 5 N–H and O–H groups in total. The van der Waals surface area contributed by atoms with E-state index in [2.05, 4.69) is 41.1 Å². The van der Waals surface area contributed by atoms with Crippen LogP contribution in [0, 0.1) is 18.7 Å². The van der Waals surface area contributed by atoms with Crippen molar-refractivity contribution in [3.05, 3.63) is 113 Å². The molecule has 4 aromatic carbocycles. The number of ether oxygens (including phenoxy) is 3. The molecule has 4 fully saturated rings. The van der Waals surface area contributed by atoms with Gasteiger partial charge in [0.1, 0.15) is 48.1 Å². The second-order valence-corrected chi connectivity index (χ2v) is 22.6. The van der Waals surface area contributed by atoms with Gasteiger partial charge in [-0.2, -0.15) is 33.3 Å². The van der Waals surface area contributed by atoms with E-state index in [0.29, 0.717) is 80.8 Å². The van der Waals surface area contributed by atoms with Gasteiger partial charge >= 0.3 is 12.2 Å². The van der Waals surface area contributed by atoms with Gasteiger partial charge in [0.25, 0.3) is 0 Å². The van der Waals surface area contributed by atoms with Gasteiger partial charge in [-0.25, -0.2) is 9.07 Å². The maximum atomic E-state index is 16.1. The number of likely N-dealkylation sites (tertiary alicyclic amines) is 1. The number of hydrogen-bond donors (Lipinski definition) is 5. The molecule has 4 aliphatic rings. The highest BCUT2D eigenvalue weighted by molar-refractivity contribution is 6.06. The molecule has 12 rings (SSSR count). The smallest absolute Gasteiger partial charge is 0.417 e. The number of halogens is 4. The highest BCUT2D eigenvalue weighted by Gasteiger charge is 2.45. The largest absolute Gasteiger partial charge is 0.486 e. The molecular formula is C60H65F4N13O7. The third-order valence-corrected chi connectivity index (χ3v) is 16.8. The Labute approximate surface area is 480 Å². The number of benzene rings is 4. The average molecular weight is 1160 g/mol. The number of methoxy groups -OCH3 is 1. The Bertz CT molecular complexity index is 3740. The third-order valence-electron chi connectivity index (χ3n) is 16.8. The van der Waals surface area contributed by atoms with Crippen molar-refractivity contribution >= 4 is 39.4 Å². The number of hydrogen-bond acceptors (Lipinski definition) is 15. The van der Waals surface area contributed by atoms with Crippen molar-refractivity contribution in [1.29, 1.82) is 0 Å². The molecule has 0 spiro atoms. The minimum absolute atomic E-state index is 0.00349. The first-order valence-electron chi connectivity index (χ1n) is 28.4. The Kier molecular flexibility index (Phi) is 15.3. The van der Waals surface area contributed by atoms with Gasteiger partial charge in [0, 0.05) is 85.5 Å². The highest BCUT2D eigenvalue weighted by atomic mass is 19.4. The van der Waals surface area contributed by atoms with E-state index in [9.17, 15) is 33.0 Å². The number of alkyl halides is 3. The fourth-order valence-corrected chi connectivity index (χ4v) is 12.2. The van der Waals surface area contributed by atoms with E-state index < -0.39 is 67.4 Å². The maximum Gasteiger partial charge on any atom is 0.417 e. The summed E-state index contributed by atoms with van der Waals surface area (Å²) in [6.45, 7) is 7.99. The third kappa shape index (κ3) is 10.8. The minimum atomic E-state index is -4.73. The molecular weight excluding hydrogens is 1090 g/mol. The summed E-state index contributed by atoms with van der Waals surface area (Å²) in [5.41, 5.74) is 7.46. The first-order valence-corrected chi connectivity index (χ1v) is 28.4. The van der Waals surface area contributed by atoms with Gasteiger partial charge < -0.3 is 44.9 Å². The lowest BCUT2D eigenvalue weighted by molar-refractivity contribution is -0.220. The zero-order chi connectivity index (χ0) is 58.7. The van der Waals surface area contributed by atoms with Gasteiger partial charge in [-0.1, -0.05) is 67.6 Å². The average Bonchev–Trinajstić information content (AvgIpc) is 1.67. The van der Waals surface area contributed by atoms with Crippen LogP contribution in [-0.4, -0.2) is 148 Å². The monoisotopic (exact) mass is 1160 g/mol. The molecule has 1 unspecified atom stereocenters. The van der Waals surface area contributed by atoms with Crippen molar-refractivity contribution in [1.82, 2.24) is 60.5 Å². The Hall–Kier alpha value is -8.06. The lowest BCUT2D eigenvalue weighted by Crippen LogP contribution is -2.50. The van der Waals surface area contributed by atoms with Crippen molar-refractivity contribution < 1.29 is 51.6 Å². The summed E-state index contributed by atoms with van der Waals surface area (Å²) in [4.78, 5) is 41.9. The Morgan fingerprint density at radius 1 is 0.952 bits per heavy atom. The zero-order valence-electron chi connectivity index (χ0n) is 47.0. The summed E-state index contributed by atoms with van der Waals surface area (Å²) in [6.07, 6.45) is -0.333. The van der Waals surface area contributed by atoms with Gasteiger partial charge in [-0.3, -0.25) is 19.4 Å². The predicted molar refractivity (Wildman–Crippen MR) is 302 cm³/mol. The van der Waals surface area contributed by atoms with Crippen molar-refractivity contribution in [3.8, 4) is 45.4 Å². The molecule has 84 heavy (non-hydrogen) atoms. The van der Waals surface area contributed by atoms with Gasteiger partial charge in [-0.15, -0.1) is 5.10 Å². The van der Waals surface area contributed by atoms with Crippen molar-refractivity contribution in [2.45, 2.75) is 121 Å². The molecule has 3 aliphatic heterocycles. The van der Waals surface area contributed by atoms with Gasteiger partial charge in [-0.05, 0) is 91.0 Å². The molecule has 440 valence electrons. The van der Waals surface area contributed by atoms with E-state index in [4.69, 9.17) is 24.2 Å². The number of carbonyl (C=O) groups is 2. The molecule has 7 atom stereocenters. The SMILES string of the molecule is CCn1nccc1-c1ccc([C@H](CO)NC(=O)[C@@H]2C[C@@H](O)CN2C(=O)[C@H](C(C)C)n2cc(-c3ccc(COc4c(-c5c(C)c(F)cc6[nH]ncc56)c(C5CC5)cc5c(N6C[C@@H]7C[C@H]6CN7)nc(OCC(OC)C(F)(F)F)nc45)cc3)nn2)cc1. The number of H-pyrrole nitrogens is 1. The number of aromatic nitrogens is 9. The quantitative estimate of drug-likeness (QED) is 0.0459. The van der Waals surface area contributed by atoms with Crippen LogP contribution in [0.15, 0.2) is 85.3 Å². The van der Waals surface area contributed by atoms with E-state index >= 15 is 4.39 Å². The molecule has 20 nitrogen and oxygen atoms in total. The van der Waals surface area contributed by atoms with Crippen LogP contribution in [0.3, 0.4) is 0 Å². The van der Waals surface area contributed by atoms with Crippen molar-refractivity contribution in [3.63, 3.8) is 0 Å². The summed E-state index contributed by atoms with van der Waals surface area (Å²) in [5.74, 6) is -0.883. The lowest BCUT2D eigenvalue weighted by Gasteiger charge is -2.30. The van der Waals surface area contributed by atoms with E-state index in [1.807, 2.05) is 86.1 Å². The van der Waals surface area contributed by atoms with E-state index in [0.717, 1.165) is 43.2 Å². The lowest BCUT2D eigenvalue weighted by atomic mass is 9.88. The Balaban J connectivity index is 0.828. The number of fused-ring (bicyclic) bond motifs is 4. The number of aliphatic hydroxyl groups excluding tert-OH is 2. The molecule has 1 aliphatic carbocycles. The number of amides is 2. The molecule has 8 aromatic rings. The summed E-state index contributed by atoms with van der Waals surface area (Å²) in [7, 11) is 0.962. The number of β-amino-alcohol motifs (C(OH)–C–C–N with tert-alkyl or cyclic N) is 1. The second-order valence-electron chi connectivity index (χ2n) is 22.6. The van der Waals surface area contributed by atoms with E-state index in [1.165, 1.54) is 15.6 Å². The minimum Gasteiger partial charge on any atom is -0.486 e. The fraction of sp³-hybridized carbons (Fsp3) is 0.433. The zero-order valence-corrected chi connectivity index (χ0v) is 47.0. The number of nitrogens with zero attached hydrogens (tertiary/aromatic N) is 10. The van der Waals surface area contributed by atoms with E-state index in [-0.39, 0.29) is 60.8 Å². The molecule has 0 radical (unpaired) electrons. The fourth-order valence-electron chi connectivity index (χ4n) is 12.2. The van der Waals surface area contributed by atoms with Crippen LogP contribution in [0.5, 0.6) is 11.8 Å². The molecule has 2 bridgehead atoms. The van der Waals surface area contributed by atoms with Crippen molar-refractivity contribution in [2.75, 3.05) is 44.9 Å². The number of aliphatic hydroxyl groups is 2. The van der Waals surface area contributed by atoms with Crippen LogP contribution in [0.1, 0.15) is 86.7 Å². The number of nitrogens with one attached hydrogen (secondary N) is 3. The van der Waals surface area contributed by atoms with Gasteiger partial charge in [0.15, 0.2) is 11.9 Å². The topological polar surface area (TPSA) is 236 Å². The number of anilines is 1. The van der Waals surface area contributed by atoms with Gasteiger partial charge in [0.2, 0.25) is 11.8 Å². The Morgan fingerprint density at radius 2 is 1.73 bits per heavy atom. The molecule has 1 saturated carbocycles. The summed E-state index contributed by atoms with van der Waals surface area (Å²) < 4.78 is 79.1. The van der Waals surface area contributed by atoms with Crippen LogP contribution < -0.4 is 25.0 Å². The Morgan fingerprint density at radius 3 is 2.40 bits per heavy atom. The van der Waals surface area contributed by atoms with Crippen LogP contribution in [-0.2, 0) is 27.5 Å².